The van der Waals surface area contributed by atoms with E-state index in [1.807, 2.05) is 6.07 Å². The first kappa shape index (κ1) is 19.4. The van der Waals surface area contributed by atoms with Gasteiger partial charge in [0.15, 0.2) is 12.6 Å². The molecular weight excluding hydrogens is 335 g/mol. The SMILES string of the molecule is CN=C(NCc1ccc(C)cc1OCC(F)(F)F)NCC1CCCO1. The van der Waals surface area contributed by atoms with Gasteiger partial charge in [0.1, 0.15) is 5.75 Å². The molecule has 25 heavy (non-hydrogen) atoms. The molecule has 0 spiro atoms. The number of nitrogens with one attached hydrogen (secondary N) is 2. The molecule has 0 radical (unpaired) electrons. The number of hydrogen-bond acceptors (Lipinski definition) is 3. The molecule has 0 aliphatic carbocycles. The second-order valence-electron chi connectivity index (χ2n) is 5.96. The maximum atomic E-state index is 12.4. The normalized spacial score (nSPS) is 18.3. The van der Waals surface area contributed by atoms with E-state index in [2.05, 4.69) is 15.6 Å². The minimum absolute atomic E-state index is 0.170. The lowest BCUT2D eigenvalue weighted by atomic mass is 10.1. The average molecular weight is 359 g/mol. The lowest BCUT2D eigenvalue weighted by Crippen LogP contribution is -2.40. The first-order valence-corrected chi connectivity index (χ1v) is 8.22. The third-order valence-electron chi connectivity index (χ3n) is 3.81. The maximum Gasteiger partial charge on any atom is 0.422 e. The van der Waals surface area contributed by atoms with E-state index in [4.69, 9.17) is 9.47 Å². The van der Waals surface area contributed by atoms with Crippen molar-refractivity contribution in [3.05, 3.63) is 29.3 Å². The quantitative estimate of drug-likeness (QED) is 0.606. The highest BCUT2D eigenvalue weighted by Crippen LogP contribution is 2.23. The van der Waals surface area contributed by atoms with Gasteiger partial charge in [-0.3, -0.25) is 4.99 Å². The van der Waals surface area contributed by atoms with Gasteiger partial charge in [-0.2, -0.15) is 13.2 Å². The lowest BCUT2D eigenvalue weighted by Gasteiger charge is -2.17. The molecule has 1 aliphatic heterocycles. The largest absolute Gasteiger partial charge is 0.484 e. The van der Waals surface area contributed by atoms with Crippen molar-refractivity contribution in [1.29, 1.82) is 0 Å². The third kappa shape index (κ3) is 6.81. The first-order chi connectivity index (χ1) is 11.9. The van der Waals surface area contributed by atoms with Crippen LogP contribution in [0, 0.1) is 6.92 Å². The van der Waals surface area contributed by atoms with E-state index in [-0.39, 0.29) is 11.9 Å². The predicted molar refractivity (Wildman–Crippen MR) is 89.9 cm³/mol. The van der Waals surface area contributed by atoms with Gasteiger partial charge < -0.3 is 20.1 Å². The van der Waals surface area contributed by atoms with E-state index >= 15 is 0 Å². The Morgan fingerprint density at radius 2 is 2.16 bits per heavy atom. The molecule has 1 atom stereocenters. The number of aryl methyl sites for hydroxylation is 1. The fourth-order valence-electron chi connectivity index (χ4n) is 2.52. The molecule has 8 heteroatoms. The summed E-state index contributed by atoms with van der Waals surface area (Å²) in [6.07, 6.45) is -2.13. The maximum absolute atomic E-state index is 12.4. The van der Waals surface area contributed by atoms with E-state index in [1.165, 1.54) is 0 Å². The molecule has 2 N–H and O–H groups in total. The van der Waals surface area contributed by atoms with Gasteiger partial charge in [-0.1, -0.05) is 12.1 Å². The summed E-state index contributed by atoms with van der Waals surface area (Å²) in [6, 6.07) is 5.19. The number of nitrogens with zero attached hydrogens (tertiary/aromatic N) is 1. The number of ether oxygens (including phenoxy) is 2. The highest BCUT2D eigenvalue weighted by Gasteiger charge is 2.28. The van der Waals surface area contributed by atoms with Crippen molar-refractivity contribution in [3.8, 4) is 5.75 Å². The summed E-state index contributed by atoms with van der Waals surface area (Å²) in [6.45, 7) is 2.22. The van der Waals surface area contributed by atoms with Crippen LogP contribution < -0.4 is 15.4 Å². The molecule has 0 amide bonds. The van der Waals surface area contributed by atoms with Crippen LogP contribution in [0.25, 0.3) is 0 Å². The molecule has 1 saturated heterocycles. The zero-order valence-electron chi connectivity index (χ0n) is 14.4. The van der Waals surface area contributed by atoms with Gasteiger partial charge >= 0.3 is 6.18 Å². The first-order valence-electron chi connectivity index (χ1n) is 8.22. The molecule has 140 valence electrons. The van der Waals surface area contributed by atoms with Crippen molar-refractivity contribution in [3.63, 3.8) is 0 Å². The van der Waals surface area contributed by atoms with Gasteiger partial charge in [0.05, 0.1) is 6.10 Å². The molecular formula is C17H24F3N3O2. The summed E-state index contributed by atoms with van der Waals surface area (Å²) in [5.74, 6) is 0.789. The van der Waals surface area contributed by atoms with Crippen LogP contribution in [0.15, 0.2) is 23.2 Å². The van der Waals surface area contributed by atoms with Crippen molar-refractivity contribution < 1.29 is 22.6 Å². The summed E-state index contributed by atoms with van der Waals surface area (Å²) in [5, 5.41) is 6.25. The number of hydrogen-bond donors (Lipinski definition) is 2. The summed E-state index contributed by atoms with van der Waals surface area (Å²) < 4.78 is 47.7. The molecule has 1 aromatic carbocycles. The van der Waals surface area contributed by atoms with Crippen LogP contribution in [0.3, 0.4) is 0 Å². The van der Waals surface area contributed by atoms with Crippen LogP contribution in [0.5, 0.6) is 5.75 Å². The summed E-state index contributed by atoms with van der Waals surface area (Å²) in [4.78, 5) is 4.11. The number of halogens is 3. The predicted octanol–water partition coefficient (Wildman–Crippen LogP) is 2.78. The Morgan fingerprint density at radius 1 is 1.36 bits per heavy atom. The number of rotatable bonds is 6. The Bertz CT molecular complexity index is 585. The Morgan fingerprint density at radius 3 is 2.80 bits per heavy atom. The van der Waals surface area contributed by atoms with Crippen molar-refractivity contribution in [2.75, 3.05) is 26.8 Å². The second kappa shape index (κ2) is 8.94. The van der Waals surface area contributed by atoms with Gasteiger partial charge in [-0.05, 0) is 31.4 Å². The number of guanidine groups is 1. The van der Waals surface area contributed by atoms with E-state index in [1.54, 1.807) is 26.1 Å². The Kier molecular flexibility index (Phi) is 6.92. The zero-order valence-corrected chi connectivity index (χ0v) is 14.4. The molecule has 0 bridgehead atoms. The number of alkyl halides is 3. The van der Waals surface area contributed by atoms with Crippen LogP contribution in [0.1, 0.15) is 24.0 Å². The molecule has 0 aromatic heterocycles. The minimum Gasteiger partial charge on any atom is -0.484 e. The van der Waals surface area contributed by atoms with Crippen LogP contribution in [0.2, 0.25) is 0 Å². The third-order valence-corrected chi connectivity index (χ3v) is 3.81. The van der Waals surface area contributed by atoms with E-state index < -0.39 is 12.8 Å². The molecule has 1 aliphatic rings. The molecule has 2 rings (SSSR count). The monoisotopic (exact) mass is 359 g/mol. The standard InChI is InChI=1S/C17H24F3N3O2/c1-12-5-6-13(15(8-12)25-11-17(18,19)20)9-22-16(21-2)23-10-14-4-3-7-24-14/h5-6,8,14H,3-4,7,9-11H2,1-2H3,(H2,21,22,23). The van der Waals surface area contributed by atoms with Crippen LogP contribution in [0.4, 0.5) is 13.2 Å². The minimum atomic E-state index is -4.37. The molecule has 0 saturated carbocycles. The lowest BCUT2D eigenvalue weighted by molar-refractivity contribution is -0.153. The van der Waals surface area contributed by atoms with Crippen molar-refractivity contribution in [2.24, 2.45) is 4.99 Å². The molecule has 5 nitrogen and oxygen atoms in total. The number of aliphatic imine (C=N–C) groups is 1. The van der Waals surface area contributed by atoms with Gasteiger partial charge in [0, 0.05) is 32.3 Å². The second-order valence-corrected chi connectivity index (χ2v) is 5.96. The summed E-state index contributed by atoms with van der Waals surface area (Å²) in [7, 11) is 1.64. The average Bonchev–Trinajstić information content (AvgIpc) is 3.07. The smallest absolute Gasteiger partial charge is 0.422 e. The van der Waals surface area contributed by atoms with Gasteiger partial charge in [-0.15, -0.1) is 0 Å². The van der Waals surface area contributed by atoms with Crippen LogP contribution >= 0.6 is 0 Å². The summed E-state index contributed by atoms with van der Waals surface area (Å²) >= 11 is 0. The Labute approximate surface area is 145 Å². The van der Waals surface area contributed by atoms with Crippen LogP contribution in [-0.4, -0.2) is 45.0 Å². The summed E-state index contributed by atoms with van der Waals surface area (Å²) in [5.41, 5.74) is 1.47. The van der Waals surface area contributed by atoms with Crippen molar-refractivity contribution in [2.45, 2.75) is 38.6 Å². The zero-order chi connectivity index (χ0) is 18.3. The Hall–Kier alpha value is -1.96. The van der Waals surface area contributed by atoms with Crippen LogP contribution in [-0.2, 0) is 11.3 Å². The molecule has 1 unspecified atom stereocenters. The van der Waals surface area contributed by atoms with Crippen molar-refractivity contribution in [1.82, 2.24) is 10.6 Å². The topological polar surface area (TPSA) is 54.9 Å². The molecule has 1 fully saturated rings. The van der Waals surface area contributed by atoms with Gasteiger partial charge in [-0.25, -0.2) is 0 Å². The van der Waals surface area contributed by atoms with Crippen molar-refractivity contribution >= 4 is 5.96 Å². The van der Waals surface area contributed by atoms with Gasteiger partial charge in [0.2, 0.25) is 0 Å². The van der Waals surface area contributed by atoms with E-state index in [9.17, 15) is 13.2 Å². The van der Waals surface area contributed by atoms with E-state index in [0.29, 0.717) is 24.6 Å². The fraction of sp³-hybridized carbons (Fsp3) is 0.588. The fourth-order valence-corrected chi connectivity index (χ4v) is 2.52. The number of benzene rings is 1. The Balaban J connectivity index is 1.91. The highest BCUT2D eigenvalue weighted by atomic mass is 19.4. The van der Waals surface area contributed by atoms with E-state index in [0.717, 1.165) is 25.0 Å². The molecule has 1 aromatic rings. The highest BCUT2D eigenvalue weighted by molar-refractivity contribution is 5.79. The molecule has 1 heterocycles. The van der Waals surface area contributed by atoms with Gasteiger partial charge in [0.25, 0.3) is 0 Å².